The second-order valence-electron chi connectivity index (χ2n) is 4.49. The molecule has 0 aliphatic heterocycles. The number of thiazole rings is 1. The second-order valence-corrected chi connectivity index (χ2v) is 5.57. The van der Waals surface area contributed by atoms with E-state index >= 15 is 0 Å². The third kappa shape index (κ3) is 1.92. The van der Waals surface area contributed by atoms with E-state index in [1.807, 2.05) is 6.92 Å². The molecule has 0 saturated heterocycles. The summed E-state index contributed by atoms with van der Waals surface area (Å²) in [6.45, 7) is 1.87. The van der Waals surface area contributed by atoms with Gasteiger partial charge >= 0.3 is 0 Å². The Balaban J connectivity index is 1.79. The highest BCUT2D eigenvalue weighted by atomic mass is 32.1. The summed E-state index contributed by atoms with van der Waals surface area (Å²) in [5.41, 5.74) is 2.55. The fourth-order valence-corrected chi connectivity index (χ4v) is 3.27. The minimum absolute atomic E-state index is 0.148. The van der Waals surface area contributed by atoms with Crippen LogP contribution < -0.4 is 5.32 Å². The number of aryl methyl sites for hydroxylation is 4. The van der Waals surface area contributed by atoms with Crippen LogP contribution in [0.25, 0.3) is 0 Å². The van der Waals surface area contributed by atoms with Crippen molar-refractivity contribution >= 4 is 22.4 Å². The van der Waals surface area contributed by atoms with E-state index in [2.05, 4.69) is 15.4 Å². The zero-order valence-electron chi connectivity index (χ0n) is 10.4. The molecule has 0 radical (unpaired) electrons. The number of anilines is 1. The van der Waals surface area contributed by atoms with Crippen LogP contribution in [-0.4, -0.2) is 20.7 Å². The summed E-state index contributed by atoms with van der Waals surface area (Å²) in [5, 5.41) is 7.71. The van der Waals surface area contributed by atoms with Crippen molar-refractivity contribution in [3.8, 4) is 0 Å². The topological polar surface area (TPSA) is 59.8 Å². The largest absolute Gasteiger partial charge is 0.296 e. The van der Waals surface area contributed by atoms with Crippen LogP contribution in [-0.2, 0) is 19.9 Å². The second kappa shape index (κ2) is 4.20. The molecule has 1 amide bonds. The van der Waals surface area contributed by atoms with Gasteiger partial charge in [-0.2, -0.15) is 5.10 Å². The van der Waals surface area contributed by atoms with Gasteiger partial charge in [0.2, 0.25) is 0 Å². The highest BCUT2D eigenvalue weighted by Gasteiger charge is 2.19. The number of rotatable bonds is 2. The van der Waals surface area contributed by atoms with Gasteiger partial charge in [0.15, 0.2) is 5.13 Å². The van der Waals surface area contributed by atoms with Crippen LogP contribution in [0, 0.1) is 6.92 Å². The number of amides is 1. The number of carbonyl (C=O) groups excluding carboxylic acids is 1. The fourth-order valence-electron chi connectivity index (χ4n) is 2.23. The Labute approximate surface area is 109 Å². The van der Waals surface area contributed by atoms with E-state index in [4.69, 9.17) is 0 Å². The van der Waals surface area contributed by atoms with Gasteiger partial charge in [0, 0.05) is 11.9 Å². The fraction of sp³-hybridized carbons (Fsp3) is 0.417. The molecule has 2 heterocycles. The molecule has 94 valence electrons. The summed E-state index contributed by atoms with van der Waals surface area (Å²) in [5.74, 6) is -0.148. The summed E-state index contributed by atoms with van der Waals surface area (Å²) in [4.78, 5) is 17.8. The van der Waals surface area contributed by atoms with Crippen LogP contribution in [0.5, 0.6) is 0 Å². The number of nitrogens with zero attached hydrogens (tertiary/aromatic N) is 3. The van der Waals surface area contributed by atoms with Crippen molar-refractivity contribution in [2.24, 2.45) is 7.05 Å². The summed E-state index contributed by atoms with van der Waals surface area (Å²) in [6, 6.07) is 1.77. The van der Waals surface area contributed by atoms with Crippen molar-refractivity contribution in [2.75, 3.05) is 5.32 Å². The minimum atomic E-state index is -0.148. The predicted octanol–water partition coefficient (Wildman–Crippen LogP) is 1.93. The summed E-state index contributed by atoms with van der Waals surface area (Å²) < 4.78 is 1.59. The molecule has 6 heteroatoms. The molecule has 0 spiro atoms. The Morgan fingerprint density at radius 3 is 3.00 bits per heavy atom. The summed E-state index contributed by atoms with van der Waals surface area (Å²) in [7, 11) is 1.77. The maximum atomic E-state index is 12.1. The molecule has 0 bridgehead atoms. The number of hydrogen-bond acceptors (Lipinski definition) is 4. The van der Waals surface area contributed by atoms with E-state index in [9.17, 15) is 4.79 Å². The number of fused-ring (bicyclic) bond motifs is 1. The molecule has 0 unspecified atom stereocenters. The minimum Gasteiger partial charge on any atom is -0.296 e. The lowest BCUT2D eigenvalue weighted by Gasteiger charge is -2.01. The molecule has 0 fully saturated rings. The smallest absolute Gasteiger partial charge is 0.275 e. The SMILES string of the molecule is Cc1cc(C(=O)Nc2nc3c(s2)CCC3)n(C)n1. The lowest BCUT2D eigenvalue weighted by atomic mass is 10.3. The van der Waals surface area contributed by atoms with E-state index in [1.165, 1.54) is 11.3 Å². The molecule has 2 aromatic heterocycles. The molecule has 1 aliphatic carbocycles. The lowest BCUT2D eigenvalue weighted by Crippen LogP contribution is -2.15. The Hall–Kier alpha value is -1.69. The maximum absolute atomic E-state index is 12.1. The Morgan fingerprint density at radius 1 is 1.50 bits per heavy atom. The lowest BCUT2D eigenvalue weighted by molar-refractivity contribution is 0.101. The Kier molecular flexibility index (Phi) is 2.66. The summed E-state index contributed by atoms with van der Waals surface area (Å²) >= 11 is 1.58. The van der Waals surface area contributed by atoms with Crippen LogP contribution in [0.1, 0.15) is 33.2 Å². The van der Waals surface area contributed by atoms with Gasteiger partial charge in [0.05, 0.1) is 11.4 Å². The average Bonchev–Trinajstić information content (AvgIpc) is 2.92. The van der Waals surface area contributed by atoms with Crippen molar-refractivity contribution in [3.05, 3.63) is 28.0 Å². The van der Waals surface area contributed by atoms with Crippen molar-refractivity contribution in [1.29, 1.82) is 0 Å². The highest BCUT2D eigenvalue weighted by molar-refractivity contribution is 7.15. The first-order valence-corrected chi connectivity index (χ1v) is 6.75. The first-order valence-electron chi connectivity index (χ1n) is 5.94. The van der Waals surface area contributed by atoms with Gasteiger partial charge in [-0.15, -0.1) is 11.3 Å². The molecule has 0 aromatic carbocycles. The van der Waals surface area contributed by atoms with E-state index in [-0.39, 0.29) is 5.91 Å². The number of hydrogen-bond donors (Lipinski definition) is 1. The predicted molar refractivity (Wildman–Crippen MR) is 70.0 cm³/mol. The molecule has 0 saturated carbocycles. The van der Waals surface area contributed by atoms with Gasteiger partial charge < -0.3 is 0 Å². The number of nitrogens with one attached hydrogen (secondary N) is 1. The standard InChI is InChI=1S/C12H14N4OS/c1-7-6-9(16(2)15-7)11(17)14-12-13-8-4-3-5-10(8)18-12/h6H,3-5H2,1-2H3,(H,13,14,17). The van der Waals surface area contributed by atoms with Crippen molar-refractivity contribution in [1.82, 2.24) is 14.8 Å². The van der Waals surface area contributed by atoms with Crippen LogP contribution in [0.2, 0.25) is 0 Å². The van der Waals surface area contributed by atoms with Gasteiger partial charge in [-0.1, -0.05) is 0 Å². The number of aromatic nitrogens is 3. The van der Waals surface area contributed by atoms with E-state index in [0.717, 1.165) is 24.2 Å². The van der Waals surface area contributed by atoms with Gasteiger partial charge in [0.1, 0.15) is 5.69 Å². The van der Waals surface area contributed by atoms with E-state index in [0.29, 0.717) is 10.8 Å². The molecular weight excluding hydrogens is 248 g/mol. The first kappa shape index (κ1) is 11.4. The quantitative estimate of drug-likeness (QED) is 0.899. The molecule has 2 aromatic rings. The van der Waals surface area contributed by atoms with Crippen LogP contribution in [0.15, 0.2) is 6.07 Å². The van der Waals surface area contributed by atoms with Gasteiger partial charge in [-0.05, 0) is 32.3 Å². The highest BCUT2D eigenvalue weighted by Crippen LogP contribution is 2.30. The Bertz CT molecular complexity index is 592. The van der Waals surface area contributed by atoms with Crippen molar-refractivity contribution in [2.45, 2.75) is 26.2 Å². The third-order valence-corrected chi connectivity index (χ3v) is 4.12. The molecule has 18 heavy (non-hydrogen) atoms. The van der Waals surface area contributed by atoms with Crippen LogP contribution in [0.3, 0.4) is 0 Å². The van der Waals surface area contributed by atoms with Gasteiger partial charge in [-0.3, -0.25) is 14.8 Å². The van der Waals surface area contributed by atoms with Crippen LogP contribution in [0.4, 0.5) is 5.13 Å². The summed E-state index contributed by atoms with van der Waals surface area (Å²) in [6.07, 6.45) is 3.31. The maximum Gasteiger partial charge on any atom is 0.275 e. The normalized spacial score (nSPS) is 13.7. The molecule has 3 rings (SSSR count). The molecule has 1 N–H and O–H groups in total. The van der Waals surface area contributed by atoms with Gasteiger partial charge in [-0.25, -0.2) is 4.98 Å². The molecule has 5 nitrogen and oxygen atoms in total. The molecular formula is C12H14N4OS. The van der Waals surface area contributed by atoms with E-state index < -0.39 is 0 Å². The zero-order chi connectivity index (χ0) is 12.7. The zero-order valence-corrected chi connectivity index (χ0v) is 11.2. The molecule has 0 atom stereocenters. The average molecular weight is 262 g/mol. The van der Waals surface area contributed by atoms with Crippen molar-refractivity contribution in [3.63, 3.8) is 0 Å². The van der Waals surface area contributed by atoms with E-state index in [1.54, 1.807) is 29.1 Å². The number of carbonyl (C=O) groups is 1. The molecule has 1 aliphatic rings. The van der Waals surface area contributed by atoms with Gasteiger partial charge in [0.25, 0.3) is 5.91 Å². The van der Waals surface area contributed by atoms with Crippen molar-refractivity contribution < 1.29 is 4.79 Å². The first-order chi connectivity index (χ1) is 8.63. The third-order valence-electron chi connectivity index (χ3n) is 3.05. The Morgan fingerprint density at radius 2 is 2.33 bits per heavy atom. The van der Waals surface area contributed by atoms with Crippen LogP contribution >= 0.6 is 11.3 Å². The monoisotopic (exact) mass is 262 g/mol.